The molecule has 3 nitrogen and oxygen atoms in total. The molecule has 0 saturated carbocycles. The van der Waals surface area contributed by atoms with Crippen molar-refractivity contribution in [1.82, 2.24) is 0 Å². The van der Waals surface area contributed by atoms with Gasteiger partial charge in [-0.15, -0.1) is 0 Å². The highest BCUT2D eigenvalue weighted by Crippen LogP contribution is 2.42. The monoisotopic (exact) mass is 470 g/mol. The van der Waals surface area contributed by atoms with E-state index in [1.165, 1.54) is 0 Å². The highest BCUT2D eigenvalue weighted by atomic mass is 28.4. The first-order chi connectivity index (χ1) is 16.1. The SMILES string of the molecule is CC1(C)CO/C(=C\c2ccccc2)C(=O)[C@@H]1O[Si](c1ccccc1)(c1ccccc1)C(C)(C)C. The standard InChI is InChI=1S/C30H34O3Si/c1-29(2,3)34(24-17-11-7-12-18-24,25-19-13-8-14-20-25)33-28-27(31)26(32-22-30(28,4)5)21-23-15-9-6-10-16-23/h6-21,28H,22H2,1-5H3/b26-21-/t28-/m0/s1. The fraction of sp³-hybridized carbons (Fsp3) is 0.300. The van der Waals surface area contributed by atoms with Crippen LogP contribution < -0.4 is 10.4 Å². The lowest BCUT2D eigenvalue weighted by atomic mass is 9.82. The molecule has 0 aromatic heterocycles. The molecule has 1 heterocycles. The molecule has 4 heteroatoms. The van der Waals surface area contributed by atoms with Crippen molar-refractivity contribution in [2.45, 2.75) is 45.8 Å². The minimum Gasteiger partial charge on any atom is -0.489 e. The number of ketones is 1. The molecule has 4 rings (SSSR count). The number of carbonyl (C=O) groups is 1. The van der Waals surface area contributed by atoms with Gasteiger partial charge in [-0.3, -0.25) is 4.79 Å². The summed E-state index contributed by atoms with van der Waals surface area (Å²) >= 11 is 0. The van der Waals surface area contributed by atoms with E-state index in [1.54, 1.807) is 0 Å². The highest BCUT2D eigenvalue weighted by Gasteiger charge is 2.55. The summed E-state index contributed by atoms with van der Waals surface area (Å²) in [5.41, 5.74) is 0.466. The molecule has 34 heavy (non-hydrogen) atoms. The van der Waals surface area contributed by atoms with Crippen molar-refractivity contribution in [3.8, 4) is 0 Å². The second-order valence-corrected chi connectivity index (χ2v) is 15.0. The van der Waals surface area contributed by atoms with Gasteiger partial charge in [0, 0.05) is 5.41 Å². The van der Waals surface area contributed by atoms with Crippen molar-refractivity contribution in [1.29, 1.82) is 0 Å². The van der Waals surface area contributed by atoms with Crippen LogP contribution in [0.4, 0.5) is 0 Å². The molecule has 176 valence electrons. The molecule has 1 saturated heterocycles. The molecule has 3 aromatic carbocycles. The maximum Gasteiger partial charge on any atom is 0.262 e. The summed E-state index contributed by atoms with van der Waals surface area (Å²) in [4.78, 5) is 13.9. The van der Waals surface area contributed by atoms with Crippen LogP contribution in [0.15, 0.2) is 96.8 Å². The number of rotatable bonds is 5. The van der Waals surface area contributed by atoms with E-state index in [0.29, 0.717) is 12.4 Å². The summed E-state index contributed by atoms with van der Waals surface area (Å²) in [6.07, 6.45) is 1.21. The molecule has 1 aliphatic heterocycles. The number of Topliss-reactive ketones (excluding diaryl/α,β-unsaturated/α-hetero) is 1. The number of carbonyl (C=O) groups excluding carboxylic acids is 1. The Balaban J connectivity index is 1.86. The summed E-state index contributed by atoms with van der Waals surface area (Å²) in [5.74, 6) is 0.279. The van der Waals surface area contributed by atoms with E-state index in [0.717, 1.165) is 15.9 Å². The number of hydrogen-bond acceptors (Lipinski definition) is 3. The fourth-order valence-electron chi connectivity index (χ4n) is 4.79. The summed E-state index contributed by atoms with van der Waals surface area (Å²) < 4.78 is 13.3. The first-order valence-electron chi connectivity index (χ1n) is 11.9. The first kappa shape index (κ1) is 24.2. The van der Waals surface area contributed by atoms with E-state index in [1.807, 2.05) is 48.5 Å². The van der Waals surface area contributed by atoms with Crippen LogP contribution >= 0.6 is 0 Å². The molecule has 0 unspecified atom stereocenters. The van der Waals surface area contributed by atoms with Crippen molar-refractivity contribution in [3.05, 3.63) is 102 Å². The van der Waals surface area contributed by atoms with Crippen LogP contribution in [0.1, 0.15) is 40.2 Å². The van der Waals surface area contributed by atoms with Crippen LogP contribution in [0.25, 0.3) is 6.08 Å². The summed E-state index contributed by atoms with van der Waals surface area (Å²) in [6, 6.07) is 30.8. The topological polar surface area (TPSA) is 35.5 Å². The number of ether oxygens (including phenoxy) is 1. The number of hydrogen-bond donors (Lipinski definition) is 0. The predicted octanol–water partition coefficient (Wildman–Crippen LogP) is 5.60. The van der Waals surface area contributed by atoms with Gasteiger partial charge >= 0.3 is 0 Å². The van der Waals surface area contributed by atoms with Gasteiger partial charge in [0.25, 0.3) is 8.32 Å². The molecule has 0 N–H and O–H groups in total. The van der Waals surface area contributed by atoms with E-state index < -0.39 is 19.8 Å². The molecule has 3 aromatic rings. The van der Waals surface area contributed by atoms with E-state index in [4.69, 9.17) is 9.16 Å². The van der Waals surface area contributed by atoms with Gasteiger partial charge in [-0.1, -0.05) is 126 Å². The van der Waals surface area contributed by atoms with Gasteiger partial charge in [-0.2, -0.15) is 0 Å². The Morgan fingerprint density at radius 3 is 1.79 bits per heavy atom. The first-order valence-corrected chi connectivity index (χ1v) is 13.8. The molecule has 0 bridgehead atoms. The average molecular weight is 471 g/mol. The largest absolute Gasteiger partial charge is 0.489 e. The maximum atomic E-state index is 13.9. The minimum absolute atomic E-state index is 0.0897. The Labute approximate surface area is 204 Å². The zero-order valence-electron chi connectivity index (χ0n) is 20.7. The molecule has 0 radical (unpaired) electrons. The molecular formula is C30H34O3Si. The lowest BCUT2D eigenvalue weighted by molar-refractivity contribution is -0.140. The molecule has 1 aliphatic rings. The zero-order valence-corrected chi connectivity index (χ0v) is 21.7. The Morgan fingerprint density at radius 1 is 0.853 bits per heavy atom. The predicted molar refractivity (Wildman–Crippen MR) is 142 cm³/mol. The summed E-state index contributed by atoms with van der Waals surface area (Å²) in [6.45, 7) is 11.2. The van der Waals surface area contributed by atoms with Crippen LogP contribution in [-0.2, 0) is 14.0 Å². The van der Waals surface area contributed by atoms with Crippen molar-refractivity contribution in [2.75, 3.05) is 6.61 Å². The zero-order chi connectivity index (χ0) is 24.4. The maximum absolute atomic E-state index is 13.9. The van der Waals surface area contributed by atoms with E-state index in [9.17, 15) is 4.79 Å². The van der Waals surface area contributed by atoms with Gasteiger partial charge < -0.3 is 9.16 Å². The summed E-state index contributed by atoms with van der Waals surface area (Å²) in [7, 11) is -2.89. The smallest absolute Gasteiger partial charge is 0.262 e. The van der Waals surface area contributed by atoms with E-state index in [2.05, 4.69) is 83.1 Å². The van der Waals surface area contributed by atoms with Crippen LogP contribution in [0.2, 0.25) is 5.04 Å². The lowest BCUT2D eigenvalue weighted by Gasteiger charge is -2.49. The van der Waals surface area contributed by atoms with Crippen LogP contribution in [0.5, 0.6) is 0 Å². The Bertz CT molecular complexity index is 1110. The number of benzene rings is 3. The van der Waals surface area contributed by atoms with Gasteiger partial charge in [0.15, 0.2) is 5.76 Å². The molecule has 0 spiro atoms. The van der Waals surface area contributed by atoms with E-state index in [-0.39, 0.29) is 10.8 Å². The highest BCUT2D eigenvalue weighted by molar-refractivity contribution is 6.99. The molecule has 0 amide bonds. The van der Waals surface area contributed by atoms with Crippen molar-refractivity contribution in [3.63, 3.8) is 0 Å². The molecule has 0 aliphatic carbocycles. The normalized spacial score (nSPS) is 19.6. The van der Waals surface area contributed by atoms with Gasteiger partial charge in [0.1, 0.15) is 6.10 Å². The minimum atomic E-state index is -2.89. The van der Waals surface area contributed by atoms with Crippen molar-refractivity contribution >= 4 is 30.6 Å². The fourth-order valence-corrected chi connectivity index (χ4v) is 9.58. The van der Waals surface area contributed by atoms with Crippen molar-refractivity contribution in [2.24, 2.45) is 5.41 Å². The van der Waals surface area contributed by atoms with Gasteiger partial charge in [0.2, 0.25) is 5.78 Å². The average Bonchev–Trinajstić information content (AvgIpc) is 2.82. The molecule has 1 atom stereocenters. The Morgan fingerprint density at radius 2 is 1.32 bits per heavy atom. The van der Waals surface area contributed by atoms with Crippen LogP contribution in [0, 0.1) is 5.41 Å². The third kappa shape index (κ3) is 4.53. The second-order valence-electron chi connectivity index (χ2n) is 10.7. The quantitative estimate of drug-likeness (QED) is 0.360. The van der Waals surface area contributed by atoms with E-state index >= 15 is 0 Å². The third-order valence-corrected chi connectivity index (χ3v) is 11.6. The van der Waals surface area contributed by atoms with Gasteiger partial charge in [-0.05, 0) is 27.1 Å². The van der Waals surface area contributed by atoms with Crippen LogP contribution in [-0.4, -0.2) is 26.8 Å². The second kappa shape index (κ2) is 9.36. The van der Waals surface area contributed by atoms with Crippen molar-refractivity contribution < 1.29 is 14.0 Å². The van der Waals surface area contributed by atoms with Gasteiger partial charge in [-0.25, -0.2) is 0 Å². The Hall–Kier alpha value is -2.95. The summed E-state index contributed by atoms with van der Waals surface area (Å²) in [5, 5.41) is 2.11. The molecule has 1 fully saturated rings. The van der Waals surface area contributed by atoms with Crippen LogP contribution in [0.3, 0.4) is 0 Å². The van der Waals surface area contributed by atoms with Gasteiger partial charge in [0.05, 0.1) is 6.61 Å². The third-order valence-electron chi connectivity index (χ3n) is 6.60. The lowest BCUT2D eigenvalue weighted by Crippen LogP contribution is -2.70. The molecular weight excluding hydrogens is 436 g/mol. The Kier molecular flexibility index (Phi) is 6.66.